The lowest BCUT2D eigenvalue weighted by molar-refractivity contribution is 0.270. The van der Waals surface area contributed by atoms with Crippen LogP contribution in [0.5, 0.6) is 0 Å². The lowest BCUT2D eigenvalue weighted by atomic mass is 9.83. The third kappa shape index (κ3) is 3.18. The number of alkyl halides is 1. The van der Waals surface area contributed by atoms with E-state index >= 15 is 0 Å². The summed E-state index contributed by atoms with van der Waals surface area (Å²) >= 11 is 1.77. The Bertz CT molecular complexity index is 935. The summed E-state index contributed by atoms with van der Waals surface area (Å²) < 4.78 is 15.5. The molecule has 5 rings (SSSR count). The van der Waals surface area contributed by atoms with E-state index in [1.165, 1.54) is 4.88 Å². The Hall–Kier alpha value is -1.73. The third-order valence-electron chi connectivity index (χ3n) is 6.58. The number of aromatic nitrogens is 2. The molecule has 2 fully saturated rings. The minimum absolute atomic E-state index is 0.129. The van der Waals surface area contributed by atoms with Crippen LogP contribution >= 0.6 is 11.3 Å². The number of pyridine rings is 1. The van der Waals surface area contributed by atoms with Crippen molar-refractivity contribution in [3.63, 3.8) is 0 Å². The Balaban J connectivity index is 1.40. The Labute approximate surface area is 168 Å². The highest BCUT2D eigenvalue weighted by Crippen LogP contribution is 2.38. The van der Waals surface area contributed by atoms with E-state index in [1.807, 2.05) is 10.6 Å². The van der Waals surface area contributed by atoms with Crippen LogP contribution < -0.4 is 10.5 Å². The zero-order valence-electron chi connectivity index (χ0n) is 16.5. The summed E-state index contributed by atoms with van der Waals surface area (Å²) in [4.78, 5) is 23.6. The molecule has 150 valence electrons. The highest BCUT2D eigenvalue weighted by atomic mass is 32.1. The molecule has 0 aliphatic carbocycles. The monoisotopic (exact) mass is 402 g/mol. The van der Waals surface area contributed by atoms with Gasteiger partial charge in [0.2, 0.25) is 0 Å². The Morgan fingerprint density at radius 2 is 2.07 bits per heavy atom. The van der Waals surface area contributed by atoms with Crippen LogP contribution in [-0.2, 0) is 13.1 Å². The number of piperidine rings is 1. The SMILES string of the molecule is Cc1nc(N2C[C@@H]3C[C@H](C2)c2ccc(CN4CC[C@H](F)C4)c(=O)n2C3)sc1C. The highest BCUT2D eigenvalue weighted by Gasteiger charge is 2.36. The van der Waals surface area contributed by atoms with Crippen LogP contribution in [0.25, 0.3) is 0 Å². The molecule has 0 spiro atoms. The predicted molar refractivity (Wildman–Crippen MR) is 110 cm³/mol. The standard InChI is InChI=1S/C21H27FN4OS/c1-13-14(2)28-21(23-13)25-8-15-7-17(11-25)19-4-3-16(20(27)26(19)9-15)10-24-6-5-18(22)12-24/h3-4,15,17-18H,5-12H2,1-2H3/t15-,17+,18-/m0/s1. The summed E-state index contributed by atoms with van der Waals surface area (Å²) in [6.07, 6.45) is 0.986. The van der Waals surface area contributed by atoms with E-state index in [0.717, 1.165) is 54.7 Å². The van der Waals surface area contributed by atoms with Crippen LogP contribution in [0.2, 0.25) is 0 Å². The van der Waals surface area contributed by atoms with Crippen LogP contribution in [0.3, 0.4) is 0 Å². The number of rotatable bonds is 3. The van der Waals surface area contributed by atoms with Gasteiger partial charge in [0.15, 0.2) is 5.13 Å². The van der Waals surface area contributed by atoms with E-state index < -0.39 is 6.17 Å². The Morgan fingerprint density at radius 3 is 2.79 bits per heavy atom. The second kappa shape index (κ2) is 6.95. The van der Waals surface area contributed by atoms with Gasteiger partial charge in [-0.15, -0.1) is 11.3 Å². The van der Waals surface area contributed by atoms with Gasteiger partial charge < -0.3 is 9.47 Å². The highest BCUT2D eigenvalue weighted by molar-refractivity contribution is 7.15. The Morgan fingerprint density at radius 1 is 1.21 bits per heavy atom. The number of thiazole rings is 1. The van der Waals surface area contributed by atoms with E-state index in [9.17, 15) is 9.18 Å². The van der Waals surface area contributed by atoms with Crippen molar-refractivity contribution in [3.8, 4) is 0 Å². The van der Waals surface area contributed by atoms with E-state index in [-0.39, 0.29) is 5.56 Å². The topological polar surface area (TPSA) is 41.4 Å². The maximum Gasteiger partial charge on any atom is 0.255 e. The smallest absolute Gasteiger partial charge is 0.255 e. The minimum Gasteiger partial charge on any atom is -0.347 e. The van der Waals surface area contributed by atoms with Crippen molar-refractivity contribution in [3.05, 3.63) is 44.3 Å². The minimum atomic E-state index is -0.746. The van der Waals surface area contributed by atoms with Gasteiger partial charge in [0.05, 0.1) is 5.69 Å². The van der Waals surface area contributed by atoms with Gasteiger partial charge in [-0.25, -0.2) is 9.37 Å². The second-order valence-electron chi connectivity index (χ2n) is 8.66. The molecule has 2 saturated heterocycles. The van der Waals surface area contributed by atoms with E-state index in [4.69, 9.17) is 4.98 Å². The number of likely N-dealkylation sites (tertiary alicyclic amines) is 1. The van der Waals surface area contributed by atoms with Gasteiger partial charge in [0, 0.05) is 61.3 Å². The van der Waals surface area contributed by atoms with Gasteiger partial charge in [-0.1, -0.05) is 6.07 Å². The average molecular weight is 403 g/mol. The molecule has 0 N–H and O–H groups in total. The van der Waals surface area contributed by atoms with Crippen molar-refractivity contribution in [1.29, 1.82) is 0 Å². The number of anilines is 1. The maximum absolute atomic E-state index is 13.5. The van der Waals surface area contributed by atoms with Crippen molar-refractivity contribution in [1.82, 2.24) is 14.5 Å². The van der Waals surface area contributed by atoms with Crippen LogP contribution in [0, 0.1) is 19.8 Å². The molecule has 3 aliphatic heterocycles. The van der Waals surface area contributed by atoms with Gasteiger partial charge in [0.25, 0.3) is 5.56 Å². The largest absolute Gasteiger partial charge is 0.347 e. The average Bonchev–Trinajstić information content (AvgIpc) is 3.23. The van der Waals surface area contributed by atoms with Crippen LogP contribution in [0.1, 0.15) is 40.6 Å². The molecule has 0 aromatic carbocycles. The fraction of sp³-hybridized carbons (Fsp3) is 0.619. The van der Waals surface area contributed by atoms with Crippen molar-refractivity contribution in [2.75, 3.05) is 31.1 Å². The van der Waals surface area contributed by atoms with Gasteiger partial charge in [-0.3, -0.25) is 9.69 Å². The molecule has 2 aromatic heterocycles. The first-order chi connectivity index (χ1) is 13.5. The van der Waals surface area contributed by atoms with Gasteiger partial charge in [0.1, 0.15) is 6.17 Å². The number of hydrogen-bond donors (Lipinski definition) is 0. The van der Waals surface area contributed by atoms with Crippen molar-refractivity contribution < 1.29 is 4.39 Å². The summed E-state index contributed by atoms with van der Waals surface area (Å²) in [5.41, 5.74) is 3.21. The van der Waals surface area contributed by atoms with Gasteiger partial charge >= 0.3 is 0 Å². The van der Waals surface area contributed by atoms with Gasteiger partial charge in [-0.2, -0.15) is 0 Å². The summed E-state index contributed by atoms with van der Waals surface area (Å²) in [6, 6.07) is 4.12. The third-order valence-corrected chi connectivity index (χ3v) is 7.71. The molecule has 0 radical (unpaired) electrons. The first-order valence-electron chi connectivity index (χ1n) is 10.3. The molecule has 5 nitrogen and oxygen atoms in total. The molecule has 0 unspecified atom stereocenters. The number of hydrogen-bond acceptors (Lipinski definition) is 5. The zero-order chi connectivity index (χ0) is 19.4. The molecule has 0 saturated carbocycles. The van der Waals surface area contributed by atoms with Gasteiger partial charge in [-0.05, 0) is 38.7 Å². The molecule has 3 aliphatic rings. The first kappa shape index (κ1) is 18.3. The second-order valence-corrected chi connectivity index (χ2v) is 9.84. The molecule has 0 amide bonds. The van der Waals surface area contributed by atoms with Crippen LogP contribution in [0.15, 0.2) is 16.9 Å². The number of fused-ring (bicyclic) bond motifs is 4. The molecule has 2 aromatic rings. The molecule has 28 heavy (non-hydrogen) atoms. The number of halogens is 1. The van der Waals surface area contributed by atoms with Crippen LogP contribution in [0.4, 0.5) is 9.52 Å². The lowest BCUT2D eigenvalue weighted by Crippen LogP contribution is -2.47. The summed E-state index contributed by atoms with van der Waals surface area (Å²) in [7, 11) is 0. The predicted octanol–water partition coefficient (Wildman–Crippen LogP) is 3.09. The van der Waals surface area contributed by atoms with Crippen molar-refractivity contribution >= 4 is 16.5 Å². The van der Waals surface area contributed by atoms with Crippen molar-refractivity contribution in [2.24, 2.45) is 5.92 Å². The van der Waals surface area contributed by atoms with Crippen LogP contribution in [-0.4, -0.2) is 46.8 Å². The molecular formula is C21H27FN4OS. The maximum atomic E-state index is 13.5. The summed E-state index contributed by atoms with van der Waals surface area (Å²) in [5.74, 6) is 0.853. The normalized spacial score (nSPS) is 27.2. The molecule has 3 atom stereocenters. The zero-order valence-corrected chi connectivity index (χ0v) is 17.3. The molecule has 5 heterocycles. The molecular weight excluding hydrogens is 375 g/mol. The van der Waals surface area contributed by atoms with E-state index in [1.54, 1.807) is 11.3 Å². The first-order valence-corrected chi connectivity index (χ1v) is 11.1. The lowest BCUT2D eigenvalue weighted by Gasteiger charge is -2.43. The molecule has 7 heteroatoms. The fourth-order valence-corrected chi connectivity index (χ4v) is 5.96. The quantitative estimate of drug-likeness (QED) is 0.791. The molecule has 2 bridgehead atoms. The summed E-state index contributed by atoms with van der Waals surface area (Å²) in [6.45, 7) is 8.64. The fourth-order valence-electron chi connectivity index (χ4n) is 5.03. The van der Waals surface area contributed by atoms with E-state index in [0.29, 0.717) is 31.3 Å². The summed E-state index contributed by atoms with van der Waals surface area (Å²) in [5, 5.41) is 1.12. The Kier molecular flexibility index (Phi) is 4.55. The number of aryl methyl sites for hydroxylation is 2. The van der Waals surface area contributed by atoms with Crippen molar-refractivity contribution in [2.45, 2.75) is 51.9 Å². The number of nitrogens with zero attached hydrogens (tertiary/aromatic N) is 4. The van der Waals surface area contributed by atoms with E-state index in [2.05, 4.69) is 29.7 Å².